The summed E-state index contributed by atoms with van der Waals surface area (Å²) in [5.41, 5.74) is 3.80. The van der Waals surface area contributed by atoms with E-state index in [4.69, 9.17) is 14.2 Å². The van der Waals surface area contributed by atoms with Crippen LogP contribution >= 0.6 is 0 Å². The maximum atomic E-state index is 15.1. The Balaban J connectivity index is 1.65. The number of carbonyl (C=O) groups is 1. The fourth-order valence-corrected chi connectivity index (χ4v) is 5.22. The van der Waals surface area contributed by atoms with Gasteiger partial charge in [0.15, 0.2) is 0 Å². The molecule has 1 N–H and O–H groups in total. The summed E-state index contributed by atoms with van der Waals surface area (Å²) in [6, 6.07) is 18.4. The quantitative estimate of drug-likeness (QED) is 0.254. The van der Waals surface area contributed by atoms with Crippen molar-refractivity contribution in [3.63, 3.8) is 0 Å². The molecule has 39 heavy (non-hydrogen) atoms. The van der Waals surface area contributed by atoms with E-state index in [2.05, 4.69) is 20.8 Å². The van der Waals surface area contributed by atoms with Crippen LogP contribution < -0.4 is 9.47 Å². The SMILES string of the molecule is CCO[C@H](c1cc(COc2cccc([C@H](CC(=O)O)C3CC3)c2)ccc1-c1cc(OC)ccc1F)C(C)(C)C. The van der Waals surface area contributed by atoms with Crippen LogP contribution in [0.4, 0.5) is 4.39 Å². The second-order valence-electron chi connectivity index (χ2n) is 11.4. The summed E-state index contributed by atoms with van der Waals surface area (Å²) in [6.07, 6.45) is 1.99. The minimum Gasteiger partial charge on any atom is -0.497 e. The van der Waals surface area contributed by atoms with Gasteiger partial charge < -0.3 is 19.3 Å². The number of hydrogen-bond donors (Lipinski definition) is 1. The number of methoxy groups -OCH3 is 1. The van der Waals surface area contributed by atoms with Crippen molar-refractivity contribution in [3.05, 3.63) is 83.2 Å². The Kier molecular flexibility index (Phi) is 8.96. The average Bonchev–Trinajstić information content (AvgIpc) is 3.74. The largest absolute Gasteiger partial charge is 0.497 e. The third-order valence-corrected chi connectivity index (χ3v) is 7.26. The van der Waals surface area contributed by atoms with Gasteiger partial charge in [0.05, 0.1) is 19.6 Å². The molecule has 1 aliphatic rings. The van der Waals surface area contributed by atoms with Gasteiger partial charge >= 0.3 is 5.97 Å². The second kappa shape index (κ2) is 12.2. The third-order valence-electron chi connectivity index (χ3n) is 7.26. The first-order valence-electron chi connectivity index (χ1n) is 13.6. The molecule has 1 saturated carbocycles. The number of benzene rings is 3. The number of ether oxygens (including phenoxy) is 3. The Bertz CT molecular complexity index is 1290. The minimum atomic E-state index is -0.777. The van der Waals surface area contributed by atoms with Crippen LogP contribution in [0.25, 0.3) is 11.1 Å². The van der Waals surface area contributed by atoms with Crippen molar-refractivity contribution in [2.24, 2.45) is 11.3 Å². The van der Waals surface area contributed by atoms with Gasteiger partial charge in [0.1, 0.15) is 23.9 Å². The standard InChI is InChI=1S/C33H39FO5/c1-6-38-32(33(2,3)4)29-16-21(10-14-26(29)28-18-24(37-5)13-15-30(28)34)20-39-25-9-7-8-23(17-25)27(19-31(35)36)22-11-12-22/h7-10,13-18,22,27,32H,6,11-12,19-20H2,1-5H3,(H,35,36)/t27-,32-/m1/s1. The summed E-state index contributed by atoms with van der Waals surface area (Å²) < 4.78 is 32.9. The highest BCUT2D eigenvalue weighted by Crippen LogP contribution is 2.45. The summed E-state index contributed by atoms with van der Waals surface area (Å²) in [5.74, 6) is 0.616. The molecule has 3 aromatic carbocycles. The fourth-order valence-electron chi connectivity index (χ4n) is 5.22. The summed E-state index contributed by atoms with van der Waals surface area (Å²) in [7, 11) is 1.57. The first-order valence-corrected chi connectivity index (χ1v) is 13.6. The van der Waals surface area contributed by atoms with E-state index in [-0.39, 0.29) is 29.7 Å². The topological polar surface area (TPSA) is 65.0 Å². The Morgan fingerprint density at radius 1 is 1.03 bits per heavy atom. The van der Waals surface area contributed by atoms with E-state index in [0.29, 0.717) is 36.2 Å². The third kappa shape index (κ3) is 7.18. The summed E-state index contributed by atoms with van der Waals surface area (Å²) >= 11 is 0. The maximum Gasteiger partial charge on any atom is 0.303 e. The molecule has 4 rings (SSSR count). The van der Waals surface area contributed by atoms with Crippen LogP contribution in [0.2, 0.25) is 0 Å². The Labute approximate surface area is 230 Å². The lowest BCUT2D eigenvalue weighted by Crippen LogP contribution is -2.22. The van der Waals surface area contributed by atoms with Gasteiger partial charge in [-0.2, -0.15) is 0 Å². The van der Waals surface area contributed by atoms with Crippen LogP contribution in [0.15, 0.2) is 60.7 Å². The number of hydrogen-bond acceptors (Lipinski definition) is 4. The Morgan fingerprint density at radius 2 is 1.79 bits per heavy atom. The molecule has 2 atom stereocenters. The average molecular weight is 535 g/mol. The van der Waals surface area contributed by atoms with E-state index in [0.717, 1.165) is 35.1 Å². The molecular weight excluding hydrogens is 495 g/mol. The first kappa shape index (κ1) is 28.6. The van der Waals surface area contributed by atoms with Crippen LogP contribution in [-0.4, -0.2) is 24.8 Å². The second-order valence-corrected chi connectivity index (χ2v) is 11.4. The molecule has 208 valence electrons. The lowest BCUT2D eigenvalue weighted by atomic mass is 9.81. The van der Waals surface area contributed by atoms with E-state index >= 15 is 4.39 Å². The molecule has 0 bridgehead atoms. The molecule has 0 radical (unpaired) electrons. The van der Waals surface area contributed by atoms with E-state index in [1.54, 1.807) is 19.2 Å². The summed E-state index contributed by atoms with van der Waals surface area (Å²) in [5, 5.41) is 9.39. The zero-order chi connectivity index (χ0) is 28.2. The van der Waals surface area contributed by atoms with E-state index < -0.39 is 5.97 Å². The van der Waals surface area contributed by atoms with Crippen LogP contribution in [0, 0.1) is 17.2 Å². The van der Waals surface area contributed by atoms with Crippen molar-refractivity contribution >= 4 is 5.97 Å². The van der Waals surface area contributed by atoms with Gasteiger partial charge in [0.2, 0.25) is 0 Å². The first-order chi connectivity index (χ1) is 18.6. The van der Waals surface area contributed by atoms with Crippen LogP contribution in [0.5, 0.6) is 11.5 Å². The van der Waals surface area contributed by atoms with Gasteiger partial charge in [0, 0.05) is 12.2 Å². The Hall–Kier alpha value is -3.38. The number of halogens is 1. The highest BCUT2D eigenvalue weighted by molar-refractivity contribution is 5.71. The molecule has 1 fully saturated rings. The highest BCUT2D eigenvalue weighted by Gasteiger charge is 2.34. The van der Waals surface area contributed by atoms with Crippen LogP contribution in [0.1, 0.15) is 75.7 Å². The molecule has 0 unspecified atom stereocenters. The minimum absolute atomic E-state index is 0.00781. The van der Waals surface area contributed by atoms with Crippen molar-refractivity contribution in [1.82, 2.24) is 0 Å². The van der Waals surface area contributed by atoms with Gasteiger partial charge in [-0.25, -0.2) is 4.39 Å². The van der Waals surface area contributed by atoms with Crippen molar-refractivity contribution in [1.29, 1.82) is 0 Å². The van der Waals surface area contributed by atoms with Gasteiger partial charge in [-0.05, 0) is 95.7 Å². The molecule has 3 aromatic rings. The smallest absolute Gasteiger partial charge is 0.303 e. The number of carboxylic acids is 1. The fraction of sp³-hybridized carbons (Fsp3) is 0.424. The molecule has 0 spiro atoms. The molecule has 0 heterocycles. The number of rotatable bonds is 12. The van der Waals surface area contributed by atoms with Crippen molar-refractivity contribution in [3.8, 4) is 22.6 Å². The molecule has 1 aliphatic carbocycles. The van der Waals surface area contributed by atoms with Gasteiger partial charge in [-0.3, -0.25) is 4.79 Å². The Morgan fingerprint density at radius 3 is 2.44 bits per heavy atom. The van der Waals surface area contributed by atoms with Gasteiger partial charge in [-0.15, -0.1) is 0 Å². The molecule has 0 amide bonds. The number of aliphatic carboxylic acids is 1. The lowest BCUT2D eigenvalue weighted by molar-refractivity contribution is -0.137. The predicted octanol–water partition coefficient (Wildman–Crippen LogP) is 8.17. The number of carboxylic acid groups (broad SMARTS) is 1. The van der Waals surface area contributed by atoms with Crippen molar-refractivity contribution in [2.75, 3.05) is 13.7 Å². The molecule has 6 heteroatoms. The predicted molar refractivity (Wildman–Crippen MR) is 151 cm³/mol. The van der Waals surface area contributed by atoms with Crippen LogP contribution in [-0.2, 0) is 16.1 Å². The highest BCUT2D eigenvalue weighted by atomic mass is 19.1. The maximum absolute atomic E-state index is 15.1. The van der Waals surface area contributed by atoms with Gasteiger partial charge in [-0.1, -0.05) is 45.0 Å². The van der Waals surface area contributed by atoms with Crippen molar-refractivity contribution in [2.45, 2.75) is 65.6 Å². The van der Waals surface area contributed by atoms with E-state index in [1.807, 2.05) is 49.4 Å². The summed E-state index contributed by atoms with van der Waals surface area (Å²) in [4.78, 5) is 11.4. The monoisotopic (exact) mass is 534 g/mol. The molecular formula is C33H39FO5. The molecule has 0 aliphatic heterocycles. The summed E-state index contributed by atoms with van der Waals surface area (Å²) in [6.45, 7) is 9.13. The lowest BCUT2D eigenvalue weighted by Gasteiger charge is -2.33. The van der Waals surface area contributed by atoms with E-state index in [1.165, 1.54) is 6.07 Å². The molecule has 5 nitrogen and oxygen atoms in total. The molecule has 0 saturated heterocycles. The van der Waals surface area contributed by atoms with Crippen molar-refractivity contribution < 1.29 is 28.5 Å². The van der Waals surface area contributed by atoms with Gasteiger partial charge in [0.25, 0.3) is 0 Å². The zero-order valence-electron chi connectivity index (χ0n) is 23.5. The zero-order valence-corrected chi connectivity index (χ0v) is 23.5. The normalized spacial score (nSPS) is 15.0. The molecule has 0 aromatic heterocycles. The van der Waals surface area contributed by atoms with Crippen LogP contribution in [0.3, 0.4) is 0 Å². The van der Waals surface area contributed by atoms with E-state index in [9.17, 15) is 9.90 Å².